The van der Waals surface area contributed by atoms with Crippen molar-refractivity contribution in [3.63, 3.8) is 0 Å². The molecule has 4 heteroatoms. The zero-order valence-corrected chi connectivity index (χ0v) is 12.9. The Morgan fingerprint density at radius 1 is 1.20 bits per heavy atom. The summed E-state index contributed by atoms with van der Waals surface area (Å²) in [7, 11) is 1.87. The van der Waals surface area contributed by atoms with Crippen molar-refractivity contribution >= 4 is 23.2 Å². The summed E-state index contributed by atoms with van der Waals surface area (Å²) in [5.41, 5.74) is 2.60. The molecule has 0 aliphatic carbocycles. The Morgan fingerprint density at radius 3 is 2.60 bits per heavy atom. The van der Waals surface area contributed by atoms with E-state index in [4.69, 9.17) is 23.2 Å². The van der Waals surface area contributed by atoms with Crippen molar-refractivity contribution in [2.24, 2.45) is 0 Å². The summed E-state index contributed by atoms with van der Waals surface area (Å²) in [6.45, 7) is 1.74. The van der Waals surface area contributed by atoms with E-state index in [-0.39, 0.29) is 11.9 Å². The Balaban J connectivity index is 2.31. The van der Waals surface area contributed by atoms with Crippen LogP contribution >= 0.6 is 23.2 Å². The molecule has 0 aliphatic rings. The summed E-state index contributed by atoms with van der Waals surface area (Å²) in [6.07, 6.45) is 0.738. The van der Waals surface area contributed by atoms with Crippen molar-refractivity contribution in [3.05, 3.63) is 69.0 Å². The van der Waals surface area contributed by atoms with Crippen molar-refractivity contribution in [3.8, 4) is 0 Å². The maximum Gasteiger partial charge on any atom is 0.127 e. The van der Waals surface area contributed by atoms with Gasteiger partial charge in [0.15, 0.2) is 0 Å². The first kappa shape index (κ1) is 15.3. The molecular formula is C16H16Cl2FN. The highest BCUT2D eigenvalue weighted by Gasteiger charge is 2.16. The van der Waals surface area contributed by atoms with Crippen LogP contribution in [0.25, 0.3) is 0 Å². The van der Waals surface area contributed by atoms with Crippen molar-refractivity contribution in [2.45, 2.75) is 19.4 Å². The van der Waals surface area contributed by atoms with E-state index < -0.39 is 0 Å². The summed E-state index contributed by atoms with van der Waals surface area (Å²) in [6, 6.07) is 10.9. The molecule has 106 valence electrons. The minimum Gasteiger partial charge on any atom is -0.313 e. The van der Waals surface area contributed by atoms with Gasteiger partial charge in [-0.05, 0) is 55.3 Å². The Kier molecular flexibility index (Phi) is 5.03. The fourth-order valence-electron chi connectivity index (χ4n) is 2.21. The number of halogens is 3. The minimum absolute atomic E-state index is 0.0141. The van der Waals surface area contributed by atoms with Crippen LogP contribution in [0.2, 0.25) is 10.0 Å². The average Bonchev–Trinajstić information content (AvgIpc) is 2.40. The van der Waals surface area contributed by atoms with Gasteiger partial charge in [0.2, 0.25) is 0 Å². The lowest BCUT2D eigenvalue weighted by Gasteiger charge is -2.19. The summed E-state index contributed by atoms with van der Waals surface area (Å²) >= 11 is 12.2. The van der Waals surface area contributed by atoms with Crippen LogP contribution in [0.3, 0.4) is 0 Å². The third kappa shape index (κ3) is 3.51. The van der Waals surface area contributed by atoms with Crippen LogP contribution in [-0.4, -0.2) is 7.05 Å². The molecule has 2 aromatic rings. The maximum atomic E-state index is 13.5. The van der Waals surface area contributed by atoms with Gasteiger partial charge in [0.25, 0.3) is 0 Å². The number of rotatable bonds is 4. The molecule has 0 fully saturated rings. The Morgan fingerprint density at radius 2 is 1.95 bits per heavy atom. The fraction of sp³-hybridized carbons (Fsp3) is 0.250. The average molecular weight is 312 g/mol. The van der Waals surface area contributed by atoms with Crippen LogP contribution in [0.5, 0.6) is 0 Å². The summed E-state index contributed by atoms with van der Waals surface area (Å²) in [5, 5.41) is 4.37. The van der Waals surface area contributed by atoms with E-state index in [0.29, 0.717) is 15.6 Å². The summed E-state index contributed by atoms with van der Waals surface area (Å²) in [5.74, 6) is -0.281. The van der Waals surface area contributed by atoms with Crippen LogP contribution in [0, 0.1) is 12.7 Å². The van der Waals surface area contributed by atoms with Crippen LogP contribution in [-0.2, 0) is 6.42 Å². The lowest BCUT2D eigenvalue weighted by molar-refractivity contribution is 0.583. The molecule has 2 rings (SSSR count). The molecule has 0 amide bonds. The molecule has 2 aromatic carbocycles. The maximum absolute atomic E-state index is 13.5. The molecule has 1 atom stereocenters. The van der Waals surface area contributed by atoms with E-state index in [9.17, 15) is 4.39 Å². The van der Waals surface area contributed by atoms with Crippen LogP contribution in [0.15, 0.2) is 36.4 Å². The van der Waals surface area contributed by atoms with Crippen molar-refractivity contribution in [2.75, 3.05) is 7.05 Å². The second-order valence-corrected chi connectivity index (χ2v) is 5.64. The van der Waals surface area contributed by atoms with E-state index in [1.54, 1.807) is 13.0 Å². The molecule has 0 aliphatic heterocycles. The fourth-order valence-corrected chi connectivity index (χ4v) is 2.71. The topological polar surface area (TPSA) is 12.0 Å². The third-order valence-corrected chi connectivity index (χ3v) is 3.89. The smallest absolute Gasteiger partial charge is 0.127 e. The van der Waals surface area contributed by atoms with Gasteiger partial charge in [-0.3, -0.25) is 0 Å². The van der Waals surface area contributed by atoms with Gasteiger partial charge in [0, 0.05) is 16.1 Å². The van der Waals surface area contributed by atoms with Gasteiger partial charge in [-0.15, -0.1) is 0 Å². The quantitative estimate of drug-likeness (QED) is 0.843. The van der Waals surface area contributed by atoms with Gasteiger partial charge in [0.05, 0.1) is 0 Å². The Labute approximate surface area is 128 Å². The van der Waals surface area contributed by atoms with Gasteiger partial charge < -0.3 is 5.32 Å². The molecule has 0 radical (unpaired) electrons. The van der Waals surface area contributed by atoms with Crippen LogP contribution < -0.4 is 5.32 Å². The largest absolute Gasteiger partial charge is 0.313 e. The number of hydrogen-bond acceptors (Lipinski definition) is 1. The first-order chi connectivity index (χ1) is 9.51. The highest BCUT2D eigenvalue weighted by molar-refractivity contribution is 6.31. The van der Waals surface area contributed by atoms with Crippen LogP contribution in [0.4, 0.5) is 4.39 Å². The summed E-state index contributed by atoms with van der Waals surface area (Å²) in [4.78, 5) is 0. The number of aryl methyl sites for hydroxylation is 1. The normalized spacial score (nSPS) is 12.4. The molecule has 0 aromatic heterocycles. The van der Waals surface area contributed by atoms with Gasteiger partial charge in [-0.2, -0.15) is 0 Å². The zero-order chi connectivity index (χ0) is 14.7. The predicted molar refractivity (Wildman–Crippen MR) is 83.1 cm³/mol. The third-order valence-electron chi connectivity index (χ3n) is 3.33. The summed E-state index contributed by atoms with van der Waals surface area (Å²) < 4.78 is 13.5. The van der Waals surface area contributed by atoms with Crippen molar-refractivity contribution in [1.29, 1.82) is 0 Å². The van der Waals surface area contributed by atoms with E-state index >= 15 is 0 Å². The highest BCUT2D eigenvalue weighted by atomic mass is 35.5. The SMILES string of the molecule is CNC(Cc1cccc(Cl)c1)c1cc(C)c(F)cc1Cl. The lowest BCUT2D eigenvalue weighted by Crippen LogP contribution is -2.19. The zero-order valence-electron chi connectivity index (χ0n) is 11.4. The Hall–Kier alpha value is -1.09. The molecule has 0 spiro atoms. The van der Waals surface area contributed by atoms with E-state index in [1.165, 1.54) is 6.07 Å². The number of nitrogens with one attached hydrogen (secondary N) is 1. The van der Waals surface area contributed by atoms with Crippen LogP contribution in [0.1, 0.15) is 22.7 Å². The van der Waals surface area contributed by atoms with Gasteiger partial charge in [-0.25, -0.2) is 4.39 Å². The number of hydrogen-bond donors (Lipinski definition) is 1. The predicted octanol–water partition coefficient (Wildman–Crippen LogP) is 4.94. The number of benzene rings is 2. The van der Waals surface area contributed by atoms with Gasteiger partial charge >= 0.3 is 0 Å². The van der Waals surface area contributed by atoms with Gasteiger partial charge in [-0.1, -0.05) is 41.4 Å². The van der Waals surface area contributed by atoms with Crippen molar-refractivity contribution < 1.29 is 4.39 Å². The highest BCUT2D eigenvalue weighted by Crippen LogP contribution is 2.28. The van der Waals surface area contributed by atoms with E-state index in [2.05, 4.69) is 5.32 Å². The monoisotopic (exact) mass is 311 g/mol. The molecule has 0 saturated heterocycles. The molecule has 0 saturated carbocycles. The molecule has 0 bridgehead atoms. The first-order valence-corrected chi connectivity index (χ1v) is 7.14. The first-order valence-electron chi connectivity index (χ1n) is 6.38. The van der Waals surface area contributed by atoms with Gasteiger partial charge in [0.1, 0.15) is 5.82 Å². The number of likely N-dealkylation sites (N-methyl/N-ethyl adjacent to an activating group) is 1. The Bertz CT molecular complexity index is 613. The second-order valence-electron chi connectivity index (χ2n) is 4.80. The standard InChI is InChI=1S/C16H16Cl2FN/c1-10-6-13(14(18)9-15(10)19)16(20-2)8-11-4-3-5-12(17)7-11/h3-7,9,16,20H,8H2,1-2H3. The molecule has 0 heterocycles. The molecule has 1 N–H and O–H groups in total. The molecular weight excluding hydrogens is 296 g/mol. The molecule has 20 heavy (non-hydrogen) atoms. The molecule has 1 nitrogen and oxygen atoms in total. The lowest BCUT2D eigenvalue weighted by atomic mass is 9.97. The van der Waals surface area contributed by atoms with E-state index in [1.807, 2.05) is 31.3 Å². The second kappa shape index (κ2) is 6.57. The molecule has 1 unspecified atom stereocenters. The minimum atomic E-state index is -0.281. The van der Waals surface area contributed by atoms with Crippen molar-refractivity contribution in [1.82, 2.24) is 5.32 Å². The van der Waals surface area contributed by atoms with E-state index in [0.717, 1.165) is 17.5 Å².